The van der Waals surface area contributed by atoms with Crippen LogP contribution in [0.5, 0.6) is 5.75 Å². The van der Waals surface area contributed by atoms with Crippen molar-refractivity contribution in [3.63, 3.8) is 0 Å². The van der Waals surface area contributed by atoms with Crippen LogP contribution in [0.4, 0.5) is 5.69 Å². The highest BCUT2D eigenvalue weighted by Crippen LogP contribution is 2.28. The summed E-state index contributed by atoms with van der Waals surface area (Å²) in [5.41, 5.74) is 6.30. The summed E-state index contributed by atoms with van der Waals surface area (Å²) in [6, 6.07) is 2.96. The van der Waals surface area contributed by atoms with Gasteiger partial charge in [-0.1, -0.05) is 32.4 Å². The number of nitrogen functional groups attached to an aromatic ring is 1. The first-order chi connectivity index (χ1) is 9.64. The molecular weight excluding hydrogens is 292 g/mol. The van der Waals surface area contributed by atoms with Crippen LogP contribution >= 0.6 is 11.6 Å². The molecule has 0 spiro atoms. The third-order valence-electron chi connectivity index (χ3n) is 2.91. The molecule has 0 radical (unpaired) electrons. The van der Waals surface area contributed by atoms with Crippen LogP contribution in [0.25, 0.3) is 0 Å². The van der Waals surface area contributed by atoms with Gasteiger partial charge in [0.2, 0.25) is 0 Å². The zero-order chi connectivity index (χ0) is 16.2. The number of carbonyl (C=O) groups is 1. The Kier molecular flexibility index (Phi) is 5.87. The first-order valence-electron chi connectivity index (χ1n) is 6.73. The topological polar surface area (TPSA) is 84.6 Å². The summed E-state index contributed by atoms with van der Waals surface area (Å²) in [6.45, 7) is 6.25. The van der Waals surface area contributed by atoms with Gasteiger partial charge in [0.1, 0.15) is 5.75 Å². The fraction of sp³-hybridized carbons (Fsp3) is 0.533. The Bertz CT molecular complexity index is 512. The van der Waals surface area contributed by atoms with Gasteiger partial charge in [-0.2, -0.15) is 0 Å². The van der Waals surface area contributed by atoms with Gasteiger partial charge < -0.3 is 20.9 Å². The Morgan fingerprint density at radius 3 is 2.62 bits per heavy atom. The van der Waals surface area contributed by atoms with Gasteiger partial charge in [0, 0.05) is 12.6 Å². The molecule has 4 N–H and O–H groups in total. The maximum Gasteiger partial charge on any atom is 0.255 e. The van der Waals surface area contributed by atoms with Gasteiger partial charge in [-0.05, 0) is 17.9 Å². The van der Waals surface area contributed by atoms with E-state index in [0.29, 0.717) is 23.4 Å². The molecule has 0 fully saturated rings. The van der Waals surface area contributed by atoms with Crippen LogP contribution in [0.2, 0.25) is 5.02 Å². The standard InChI is InChI=1S/C15H23ClN2O3/c1-15(2,3)7-9(19)8-18-14(20)10-5-11(16)12(17)6-13(10)21-4/h5-6,9,19H,7-8,17H2,1-4H3,(H,18,20). The summed E-state index contributed by atoms with van der Waals surface area (Å²) in [5.74, 6) is -0.0126. The Hall–Kier alpha value is -1.46. The molecular formula is C15H23ClN2O3. The largest absolute Gasteiger partial charge is 0.496 e. The van der Waals surface area contributed by atoms with E-state index in [2.05, 4.69) is 5.32 Å². The molecule has 0 aliphatic heterocycles. The number of rotatable bonds is 5. The zero-order valence-electron chi connectivity index (χ0n) is 12.9. The van der Waals surface area contributed by atoms with Crippen LogP contribution in [-0.2, 0) is 0 Å². The molecule has 0 saturated heterocycles. The molecule has 0 aliphatic rings. The molecule has 5 nitrogen and oxygen atoms in total. The van der Waals surface area contributed by atoms with Gasteiger partial charge in [0.15, 0.2) is 0 Å². The lowest BCUT2D eigenvalue weighted by Gasteiger charge is -2.22. The molecule has 1 atom stereocenters. The number of benzene rings is 1. The maximum absolute atomic E-state index is 12.2. The summed E-state index contributed by atoms with van der Waals surface area (Å²) in [7, 11) is 1.45. The van der Waals surface area contributed by atoms with Crippen molar-refractivity contribution in [1.82, 2.24) is 5.32 Å². The molecule has 0 saturated carbocycles. The molecule has 0 aliphatic carbocycles. The summed E-state index contributed by atoms with van der Waals surface area (Å²) >= 11 is 5.93. The second-order valence-corrected chi connectivity index (χ2v) is 6.61. The summed E-state index contributed by atoms with van der Waals surface area (Å²) in [6.07, 6.45) is -0.0170. The number of hydrogen-bond acceptors (Lipinski definition) is 4. The van der Waals surface area contributed by atoms with E-state index in [1.54, 1.807) is 0 Å². The van der Waals surface area contributed by atoms with Gasteiger partial charge in [0.25, 0.3) is 5.91 Å². The molecule has 1 rings (SSSR count). The predicted octanol–water partition coefficient (Wildman–Crippen LogP) is 2.46. The number of ether oxygens (including phenoxy) is 1. The monoisotopic (exact) mass is 314 g/mol. The van der Waals surface area contributed by atoms with Crippen molar-refractivity contribution >= 4 is 23.2 Å². The first-order valence-corrected chi connectivity index (χ1v) is 7.11. The minimum Gasteiger partial charge on any atom is -0.496 e. The molecule has 21 heavy (non-hydrogen) atoms. The fourth-order valence-corrected chi connectivity index (χ4v) is 2.16. The summed E-state index contributed by atoms with van der Waals surface area (Å²) in [4.78, 5) is 12.2. The van der Waals surface area contributed by atoms with E-state index < -0.39 is 6.10 Å². The highest BCUT2D eigenvalue weighted by molar-refractivity contribution is 6.33. The summed E-state index contributed by atoms with van der Waals surface area (Å²) in [5, 5.41) is 12.9. The lowest BCUT2D eigenvalue weighted by atomic mass is 9.89. The molecule has 0 bridgehead atoms. The predicted molar refractivity (Wildman–Crippen MR) is 84.8 cm³/mol. The molecule has 1 aromatic rings. The van der Waals surface area contributed by atoms with Crippen molar-refractivity contribution in [1.29, 1.82) is 0 Å². The normalized spacial score (nSPS) is 12.9. The Morgan fingerprint density at radius 1 is 1.48 bits per heavy atom. The van der Waals surface area contributed by atoms with Gasteiger partial charge in [-0.25, -0.2) is 0 Å². The highest BCUT2D eigenvalue weighted by Gasteiger charge is 2.19. The van der Waals surface area contributed by atoms with Crippen molar-refractivity contribution in [3.8, 4) is 5.75 Å². The minimum absolute atomic E-state index is 0.00760. The average molecular weight is 315 g/mol. The Morgan fingerprint density at radius 2 is 2.10 bits per heavy atom. The van der Waals surface area contributed by atoms with Gasteiger partial charge in [0.05, 0.1) is 29.5 Å². The lowest BCUT2D eigenvalue weighted by molar-refractivity contribution is 0.0866. The van der Waals surface area contributed by atoms with Crippen LogP contribution in [0.15, 0.2) is 12.1 Å². The van der Waals surface area contributed by atoms with Gasteiger partial charge in [-0.15, -0.1) is 0 Å². The quantitative estimate of drug-likeness (QED) is 0.729. The number of nitrogens with one attached hydrogen (secondary N) is 1. The summed E-state index contributed by atoms with van der Waals surface area (Å²) < 4.78 is 5.13. The van der Waals surface area contributed by atoms with Crippen LogP contribution in [0, 0.1) is 5.41 Å². The van der Waals surface area contributed by atoms with E-state index in [4.69, 9.17) is 22.1 Å². The number of anilines is 1. The van der Waals surface area contributed by atoms with Crippen molar-refractivity contribution < 1.29 is 14.6 Å². The van der Waals surface area contributed by atoms with Crippen molar-refractivity contribution in [3.05, 3.63) is 22.7 Å². The number of aliphatic hydroxyl groups excluding tert-OH is 1. The number of carbonyl (C=O) groups excluding carboxylic acids is 1. The van der Waals surface area contributed by atoms with Gasteiger partial charge in [-0.3, -0.25) is 4.79 Å². The second kappa shape index (κ2) is 7.00. The lowest BCUT2D eigenvalue weighted by Crippen LogP contribution is -2.34. The van der Waals surface area contributed by atoms with E-state index in [0.717, 1.165) is 0 Å². The number of nitrogens with two attached hydrogens (primary N) is 1. The molecule has 1 unspecified atom stereocenters. The molecule has 6 heteroatoms. The minimum atomic E-state index is -0.607. The number of halogens is 1. The van der Waals surface area contributed by atoms with Gasteiger partial charge >= 0.3 is 0 Å². The average Bonchev–Trinajstić information content (AvgIpc) is 2.36. The Balaban J connectivity index is 2.74. The van der Waals surface area contributed by atoms with Crippen LogP contribution in [-0.4, -0.2) is 30.8 Å². The van der Waals surface area contributed by atoms with E-state index in [9.17, 15) is 9.90 Å². The molecule has 0 heterocycles. The third kappa shape index (κ3) is 5.44. The SMILES string of the molecule is COc1cc(N)c(Cl)cc1C(=O)NCC(O)CC(C)(C)C. The van der Waals surface area contributed by atoms with Crippen LogP contribution in [0.3, 0.4) is 0 Å². The van der Waals surface area contributed by atoms with E-state index in [-0.39, 0.29) is 22.9 Å². The second-order valence-electron chi connectivity index (χ2n) is 6.20. The third-order valence-corrected chi connectivity index (χ3v) is 3.24. The molecule has 118 valence electrons. The maximum atomic E-state index is 12.2. The van der Waals surface area contributed by atoms with Crippen molar-refractivity contribution in [2.75, 3.05) is 19.4 Å². The Labute approximate surface area is 130 Å². The van der Waals surface area contributed by atoms with Crippen LogP contribution in [0.1, 0.15) is 37.6 Å². The number of methoxy groups -OCH3 is 1. The first kappa shape index (κ1) is 17.6. The van der Waals surface area contributed by atoms with E-state index in [1.165, 1.54) is 19.2 Å². The number of hydrogen-bond donors (Lipinski definition) is 3. The zero-order valence-corrected chi connectivity index (χ0v) is 13.6. The molecule has 1 aromatic carbocycles. The van der Waals surface area contributed by atoms with E-state index in [1.807, 2.05) is 20.8 Å². The van der Waals surface area contributed by atoms with E-state index >= 15 is 0 Å². The number of aliphatic hydroxyl groups is 1. The highest BCUT2D eigenvalue weighted by atomic mass is 35.5. The molecule has 0 aromatic heterocycles. The van der Waals surface area contributed by atoms with Crippen molar-refractivity contribution in [2.45, 2.75) is 33.3 Å². The molecule has 1 amide bonds. The van der Waals surface area contributed by atoms with Crippen LogP contribution < -0.4 is 15.8 Å². The van der Waals surface area contributed by atoms with Crippen molar-refractivity contribution in [2.24, 2.45) is 5.41 Å². The number of amides is 1. The smallest absolute Gasteiger partial charge is 0.255 e. The fourth-order valence-electron chi connectivity index (χ4n) is 2.00.